The maximum atomic E-state index is 3.90. The molecule has 0 saturated carbocycles. The summed E-state index contributed by atoms with van der Waals surface area (Å²) in [6.07, 6.45) is 9.49. The van der Waals surface area contributed by atoms with Crippen molar-refractivity contribution in [3.8, 4) is 0 Å². The quantitative estimate of drug-likeness (QED) is 0.454. The number of rotatable bonds is 0. The average Bonchev–Trinajstić information content (AvgIpc) is 2.33. The minimum absolute atomic E-state index is 0.881. The summed E-state index contributed by atoms with van der Waals surface area (Å²) in [5.41, 5.74) is 2.17. The fraction of sp³-hybridized carbons (Fsp3) is 0.143. The van der Waals surface area contributed by atoms with Gasteiger partial charge in [-0.25, -0.2) is 0 Å². The Labute approximate surface area is 53.3 Å². The van der Waals surface area contributed by atoms with E-state index in [4.69, 9.17) is 0 Å². The SMILES string of the molecule is [C]1=CCC2=NN=CC2=C1. The average molecular weight is 117 g/mol. The molecule has 43 valence electrons. The van der Waals surface area contributed by atoms with E-state index in [1.165, 1.54) is 0 Å². The smallest absolute Gasteiger partial charge is 0.0756 e. The number of fused-ring (bicyclic) bond motifs is 1. The molecular weight excluding hydrogens is 112 g/mol. The molecule has 0 fully saturated rings. The highest BCUT2D eigenvalue weighted by Gasteiger charge is 2.09. The Morgan fingerprint density at radius 1 is 1.56 bits per heavy atom. The minimum atomic E-state index is 0.881. The van der Waals surface area contributed by atoms with Crippen molar-refractivity contribution in [3.05, 3.63) is 23.8 Å². The second kappa shape index (κ2) is 1.65. The number of allylic oxidation sites excluding steroid dienone is 4. The van der Waals surface area contributed by atoms with Crippen LogP contribution >= 0.6 is 0 Å². The van der Waals surface area contributed by atoms with Gasteiger partial charge in [-0.05, 0) is 12.2 Å². The van der Waals surface area contributed by atoms with Gasteiger partial charge in [-0.3, -0.25) is 0 Å². The molecule has 0 bridgehead atoms. The van der Waals surface area contributed by atoms with E-state index in [0.717, 1.165) is 17.7 Å². The molecule has 0 N–H and O–H groups in total. The molecule has 9 heavy (non-hydrogen) atoms. The van der Waals surface area contributed by atoms with Crippen LogP contribution < -0.4 is 0 Å². The van der Waals surface area contributed by atoms with Gasteiger partial charge in [-0.15, -0.1) is 0 Å². The van der Waals surface area contributed by atoms with Crippen molar-refractivity contribution in [1.82, 2.24) is 0 Å². The summed E-state index contributed by atoms with van der Waals surface area (Å²) in [5, 5.41) is 7.67. The highest BCUT2D eigenvalue weighted by atomic mass is 15.2. The predicted molar refractivity (Wildman–Crippen MR) is 36.4 cm³/mol. The lowest BCUT2D eigenvalue weighted by molar-refractivity contribution is 1.25. The molecule has 1 aliphatic heterocycles. The van der Waals surface area contributed by atoms with E-state index >= 15 is 0 Å². The zero-order valence-corrected chi connectivity index (χ0v) is 4.83. The molecule has 2 rings (SSSR count). The lowest BCUT2D eigenvalue weighted by Crippen LogP contribution is -2.00. The fourth-order valence-electron chi connectivity index (χ4n) is 0.877. The van der Waals surface area contributed by atoms with Gasteiger partial charge in [-0.2, -0.15) is 10.2 Å². The zero-order chi connectivity index (χ0) is 6.10. The second-order valence-corrected chi connectivity index (χ2v) is 1.97. The van der Waals surface area contributed by atoms with Crippen LogP contribution in [0.15, 0.2) is 27.9 Å². The topological polar surface area (TPSA) is 24.7 Å². The Bertz CT molecular complexity index is 244. The summed E-state index contributed by atoms with van der Waals surface area (Å²) in [4.78, 5) is 0. The third kappa shape index (κ3) is 0.633. The van der Waals surface area contributed by atoms with Crippen LogP contribution in [0.5, 0.6) is 0 Å². The van der Waals surface area contributed by atoms with Crippen molar-refractivity contribution in [2.45, 2.75) is 6.42 Å². The number of hydrogen-bond acceptors (Lipinski definition) is 2. The molecule has 1 heterocycles. The third-order valence-electron chi connectivity index (χ3n) is 1.36. The standard InChI is InChI=1S/C7H5N2/c1-2-4-7-6(3-1)5-8-9-7/h2-3,5H,4H2. The summed E-state index contributed by atoms with van der Waals surface area (Å²) in [6, 6.07) is 0. The molecule has 0 spiro atoms. The number of hydrogen-bond donors (Lipinski definition) is 0. The normalized spacial score (nSPS) is 21.3. The van der Waals surface area contributed by atoms with Crippen LogP contribution in [0.1, 0.15) is 6.42 Å². The van der Waals surface area contributed by atoms with Crippen molar-refractivity contribution in [1.29, 1.82) is 0 Å². The van der Waals surface area contributed by atoms with Crippen LogP contribution in [0.3, 0.4) is 0 Å². The van der Waals surface area contributed by atoms with Crippen LogP contribution in [0.2, 0.25) is 0 Å². The summed E-state index contributed by atoms with van der Waals surface area (Å²) in [7, 11) is 0. The first kappa shape index (κ1) is 4.68. The molecule has 0 aromatic rings. The van der Waals surface area contributed by atoms with Gasteiger partial charge in [0.05, 0.1) is 11.9 Å². The lowest BCUT2D eigenvalue weighted by Gasteiger charge is -1.98. The van der Waals surface area contributed by atoms with E-state index in [1.807, 2.05) is 12.2 Å². The molecule has 0 atom stereocenters. The van der Waals surface area contributed by atoms with E-state index in [0.29, 0.717) is 0 Å². The Balaban J connectivity index is 2.46. The van der Waals surface area contributed by atoms with Crippen LogP contribution in [-0.4, -0.2) is 11.9 Å². The van der Waals surface area contributed by atoms with Gasteiger partial charge in [0.15, 0.2) is 0 Å². The molecule has 0 amide bonds. The van der Waals surface area contributed by atoms with E-state index in [1.54, 1.807) is 6.21 Å². The molecule has 1 aliphatic carbocycles. The molecule has 2 nitrogen and oxygen atoms in total. The zero-order valence-electron chi connectivity index (χ0n) is 4.83. The van der Waals surface area contributed by atoms with Gasteiger partial charge in [0.1, 0.15) is 0 Å². The maximum absolute atomic E-state index is 3.90. The van der Waals surface area contributed by atoms with E-state index in [2.05, 4.69) is 16.3 Å². The third-order valence-corrected chi connectivity index (χ3v) is 1.36. The van der Waals surface area contributed by atoms with Crippen LogP contribution in [0.4, 0.5) is 0 Å². The van der Waals surface area contributed by atoms with Crippen molar-refractivity contribution in [2.75, 3.05) is 0 Å². The van der Waals surface area contributed by atoms with Crippen LogP contribution in [0.25, 0.3) is 0 Å². The Morgan fingerprint density at radius 2 is 2.56 bits per heavy atom. The minimum Gasteiger partial charge on any atom is -0.158 e. The lowest BCUT2D eigenvalue weighted by atomic mass is 10.1. The largest absolute Gasteiger partial charge is 0.158 e. The first-order chi connectivity index (χ1) is 4.47. The van der Waals surface area contributed by atoms with E-state index < -0.39 is 0 Å². The van der Waals surface area contributed by atoms with Crippen molar-refractivity contribution >= 4 is 11.9 Å². The molecule has 1 radical (unpaired) electrons. The molecule has 2 heteroatoms. The van der Waals surface area contributed by atoms with Gasteiger partial charge >= 0.3 is 0 Å². The summed E-state index contributed by atoms with van der Waals surface area (Å²) < 4.78 is 0. The Kier molecular flexibility index (Phi) is 0.859. The van der Waals surface area contributed by atoms with Crippen LogP contribution in [-0.2, 0) is 0 Å². The Morgan fingerprint density at radius 3 is 3.44 bits per heavy atom. The molecule has 2 aliphatic rings. The van der Waals surface area contributed by atoms with E-state index in [-0.39, 0.29) is 0 Å². The fourth-order valence-corrected chi connectivity index (χ4v) is 0.877. The maximum Gasteiger partial charge on any atom is 0.0756 e. The summed E-state index contributed by atoms with van der Waals surface area (Å²) >= 11 is 0. The van der Waals surface area contributed by atoms with Crippen molar-refractivity contribution in [3.63, 3.8) is 0 Å². The first-order valence-corrected chi connectivity index (χ1v) is 2.85. The first-order valence-electron chi connectivity index (χ1n) is 2.85. The molecular formula is C7H5N2. The number of nitrogens with zero attached hydrogens (tertiary/aromatic N) is 2. The van der Waals surface area contributed by atoms with Crippen LogP contribution in [0, 0.1) is 6.08 Å². The van der Waals surface area contributed by atoms with Gasteiger partial charge in [0.25, 0.3) is 0 Å². The highest BCUT2D eigenvalue weighted by Crippen LogP contribution is 2.11. The second-order valence-electron chi connectivity index (χ2n) is 1.97. The summed E-state index contributed by atoms with van der Waals surface area (Å²) in [5.74, 6) is 0. The molecule has 0 aromatic heterocycles. The van der Waals surface area contributed by atoms with Gasteiger partial charge < -0.3 is 0 Å². The highest BCUT2D eigenvalue weighted by molar-refractivity contribution is 6.19. The molecule has 0 saturated heterocycles. The van der Waals surface area contributed by atoms with Gasteiger partial charge in [0.2, 0.25) is 0 Å². The summed E-state index contributed by atoms with van der Waals surface area (Å²) in [6.45, 7) is 0. The van der Waals surface area contributed by atoms with Crippen molar-refractivity contribution in [2.24, 2.45) is 10.2 Å². The molecule has 0 aromatic carbocycles. The Hall–Kier alpha value is -1.18. The van der Waals surface area contributed by atoms with Crippen molar-refractivity contribution < 1.29 is 0 Å². The molecule has 0 unspecified atom stereocenters. The van der Waals surface area contributed by atoms with E-state index in [9.17, 15) is 0 Å². The van der Waals surface area contributed by atoms with Gasteiger partial charge in [0, 0.05) is 12.0 Å². The predicted octanol–water partition coefficient (Wildman–Crippen LogP) is 1.12. The monoisotopic (exact) mass is 117 g/mol. The van der Waals surface area contributed by atoms with Gasteiger partial charge in [-0.1, -0.05) is 6.08 Å².